The van der Waals surface area contributed by atoms with E-state index in [1.165, 1.54) is 6.07 Å². The topological polar surface area (TPSA) is 132 Å². The predicted molar refractivity (Wildman–Crippen MR) is 152 cm³/mol. The van der Waals surface area contributed by atoms with Crippen LogP contribution in [-0.2, 0) is 19.9 Å². The summed E-state index contributed by atoms with van der Waals surface area (Å²) in [5, 5.41) is 10.6. The van der Waals surface area contributed by atoms with Crippen LogP contribution in [0.5, 0.6) is 0 Å². The number of hydrogen-bond acceptors (Lipinski definition) is 7. The highest BCUT2D eigenvalue weighted by Gasteiger charge is 2.53. The molecule has 2 fully saturated rings. The second-order valence-corrected chi connectivity index (χ2v) is 11.6. The Kier molecular flexibility index (Phi) is 7.33. The average Bonchev–Trinajstić information content (AvgIpc) is 3.73. The number of cyclic esters (lactones) is 1. The number of ether oxygens (including phenoxy) is 2. The molecular formula is C32H35N3O6. The lowest BCUT2D eigenvalue weighted by Gasteiger charge is -2.45. The molecule has 9 nitrogen and oxygen atoms in total. The van der Waals surface area contributed by atoms with Gasteiger partial charge in [-0.25, -0.2) is 14.6 Å². The zero-order valence-corrected chi connectivity index (χ0v) is 23.5. The summed E-state index contributed by atoms with van der Waals surface area (Å²) in [7, 11) is 0. The molecule has 2 atom stereocenters. The van der Waals surface area contributed by atoms with Crippen LogP contribution < -0.4 is 5.73 Å². The van der Waals surface area contributed by atoms with Crippen molar-refractivity contribution in [3.8, 4) is 11.3 Å². The number of benzene rings is 2. The predicted octanol–water partition coefficient (Wildman–Crippen LogP) is 4.88. The normalized spacial score (nSPS) is 20.6. The zero-order chi connectivity index (χ0) is 29.4. The number of pyridine rings is 1. The third-order valence-corrected chi connectivity index (χ3v) is 7.85. The quantitative estimate of drug-likeness (QED) is 0.358. The van der Waals surface area contributed by atoms with Crippen molar-refractivity contribution in [2.45, 2.75) is 69.3 Å². The summed E-state index contributed by atoms with van der Waals surface area (Å²) >= 11 is 0. The van der Waals surface area contributed by atoms with Gasteiger partial charge in [-0.3, -0.25) is 4.79 Å². The molecule has 1 aliphatic heterocycles. The molecule has 3 aromatic rings. The Balaban J connectivity index is 1.29. The monoisotopic (exact) mass is 557 g/mol. The number of aromatic nitrogens is 1. The zero-order valence-electron chi connectivity index (χ0n) is 23.5. The molecule has 41 heavy (non-hydrogen) atoms. The van der Waals surface area contributed by atoms with E-state index in [1.54, 1.807) is 30.9 Å². The molecule has 2 aliphatic rings. The highest BCUT2D eigenvalue weighted by atomic mass is 16.6. The van der Waals surface area contributed by atoms with Crippen LogP contribution in [0.4, 0.5) is 4.79 Å². The lowest BCUT2D eigenvalue weighted by molar-refractivity contribution is -0.128. The van der Waals surface area contributed by atoms with Crippen molar-refractivity contribution in [3.05, 3.63) is 89.6 Å². The molecule has 2 amide bonds. The molecule has 2 unspecified atom stereocenters. The van der Waals surface area contributed by atoms with E-state index >= 15 is 0 Å². The Bertz CT molecular complexity index is 1450. The highest BCUT2D eigenvalue weighted by molar-refractivity contribution is 5.94. The van der Waals surface area contributed by atoms with Crippen LogP contribution in [0.3, 0.4) is 0 Å². The number of nitrogens with zero attached hydrogens (tertiary/aromatic N) is 2. The van der Waals surface area contributed by atoms with Gasteiger partial charge in [0.15, 0.2) is 5.60 Å². The Morgan fingerprint density at radius 2 is 1.73 bits per heavy atom. The molecule has 1 saturated heterocycles. The first-order valence-corrected chi connectivity index (χ1v) is 13.8. The summed E-state index contributed by atoms with van der Waals surface area (Å²) in [6.45, 7) is 5.86. The maximum absolute atomic E-state index is 13.4. The second kappa shape index (κ2) is 10.6. The van der Waals surface area contributed by atoms with Gasteiger partial charge in [-0.1, -0.05) is 60.7 Å². The largest absolute Gasteiger partial charge is 0.444 e. The minimum atomic E-state index is -1.21. The van der Waals surface area contributed by atoms with Gasteiger partial charge >= 0.3 is 12.1 Å². The van der Waals surface area contributed by atoms with Crippen molar-refractivity contribution in [2.24, 2.45) is 5.73 Å². The molecule has 9 heteroatoms. The first-order valence-electron chi connectivity index (χ1n) is 13.8. The minimum absolute atomic E-state index is 0.0940. The Morgan fingerprint density at radius 1 is 1.05 bits per heavy atom. The van der Waals surface area contributed by atoms with E-state index in [1.807, 2.05) is 61.5 Å². The summed E-state index contributed by atoms with van der Waals surface area (Å²) in [5.74, 6) is -1.33. The van der Waals surface area contributed by atoms with Crippen molar-refractivity contribution in [1.29, 1.82) is 0 Å². The Labute approximate surface area is 239 Å². The van der Waals surface area contributed by atoms with Gasteiger partial charge in [-0.15, -0.1) is 0 Å². The third-order valence-electron chi connectivity index (χ3n) is 7.85. The van der Waals surface area contributed by atoms with Gasteiger partial charge in [-0.2, -0.15) is 0 Å². The number of amides is 2. The third kappa shape index (κ3) is 5.95. The summed E-state index contributed by atoms with van der Waals surface area (Å²) in [5.41, 5.74) is 5.44. The first kappa shape index (κ1) is 28.3. The number of rotatable bonds is 9. The van der Waals surface area contributed by atoms with E-state index in [9.17, 15) is 19.5 Å². The van der Waals surface area contributed by atoms with Gasteiger partial charge in [0, 0.05) is 37.8 Å². The molecule has 2 heterocycles. The van der Waals surface area contributed by atoms with E-state index in [2.05, 4.69) is 4.98 Å². The number of esters is 1. The molecule has 1 aliphatic carbocycles. The van der Waals surface area contributed by atoms with Crippen molar-refractivity contribution in [1.82, 2.24) is 9.88 Å². The average molecular weight is 558 g/mol. The maximum atomic E-state index is 13.4. The second-order valence-electron chi connectivity index (χ2n) is 11.6. The van der Waals surface area contributed by atoms with Crippen LogP contribution in [-0.4, -0.2) is 50.7 Å². The minimum Gasteiger partial charge on any atom is -0.444 e. The molecular weight excluding hydrogens is 522 g/mol. The van der Waals surface area contributed by atoms with Crippen molar-refractivity contribution in [3.63, 3.8) is 0 Å². The first-order chi connectivity index (χ1) is 19.4. The standard InChI is InChI=1S/C32H35N3O6/c1-21(35-19-18-32(41-29(35)38,20-30(2,3)39)24-8-5-4-6-9-24)22-12-14-23(15-13-22)25-10-7-11-26(34-25)27(36)40-31(16-17-31)28(33)37/h4-15,21,39H,16-20H2,1-3H3,(H2,33,37). The van der Waals surface area contributed by atoms with Gasteiger partial charge in [-0.05, 0) is 44.0 Å². The van der Waals surface area contributed by atoms with Gasteiger partial charge < -0.3 is 25.2 Å². The van der Waals surface area contributed by atoms with E-state index in [-0.39, 0.29) is 18.2 Å². The molecule has 214 valence electrons. The van der Waals surface area contributed by atoms with Crippen LogP contribution in [0, 0.1) is 0 Å². The lowest BCUT2D eigenvalue weighted by Crippen LogP contribution is -2.51. The van der Waals surface area contributed by atoms with E-state index in [0.29, 0.717) is 31.5 Å². The molecule has 0 bridgehead atoms. The molecule has 3 N–H and O–H groups in total. The molecule has 1 aromatic heterocycles. The Morgan fingerprint density at radius 3 is 2.32 bits per heavy atom. The molecule has 1 saturated carbocycles. The fourth-order valence-corrected chi connectivity index (χ4v) is 5.45. The highest BCUT2D eigenvalue weighted by Crippen LogP contribution is 2.42. The number of aliphatic hydroxyl groups is 1. The fraction of sp³-hybridized carbons (Fsp3) is 0.375. The lowest BCUT2D eigenvalue weighted by atomic mass is 9.80. The Hall–Kier alpha value is -4.24. The number of primary amides is 1. The van der Waals surface area contributed by atoms with Crippen molar-refractivity contribution >= 4 is 18.0 Å². The maximum Gasteiger partial charge on any atom is 0.411 e. The van der Waals surface area contributed by atoms with Gasteiger partial charge in [0.05, 0.1) is 17.3 Å². The summed E-state index contributed by atoms with van der Waals surface area (Å²) < 4.78 is 11.5. The van der Waals surface area contributed by atoms with E-state index in [4.69, 9.17) is 15.2 Å². The number of carbonyl (C=O) groups excluding carboxylic acids is 3. The van der Waals surface area contributed by atoms with Gasteiger partial charge in [0.1, 0.15) is 11.3 Å². The summed E-state index contributed by atoms with van der Waals surface area (Å²) in [4.78, 5) is 43.7. The molecule has 2 aromatic carbocycles. The summed E-state index contributed by atoms with van der Waals surface area (Å²) in [6.07, 6.45) is 1.24. The number of hydrogen-bond donors (Lipinski definition) is 2. The number of nitrogens with two attached hydrogens (primary N) is 1. The fourth-order valence-electron chi connectivity index (χ4n) is 5.45. The van der Waals surface area contributed by atoms with E-state index in [0.717, 1.165) is 16.7 Å². The van der Waals surface area contributed by atoms with Crippen LogP contribution in [0.25, 0.3) is 11.3 Å². The van der Waals surface area contributed by atoms with Crippen LogP contribution in [0.1, 0.15) is 74.1 Å². The van der Waals surface area contributed by atoms with Crippen LogP contribution in [0.15, 0.2) is 72.8 Å². The number of carbonyl (C=O) groups is 3. The van der Waals surface area contributed by atoms with Crippen molar-refractivity contribution in [2.75, 3.05) is 6.54 Å². The SMILES string of the molecule is CC(c1ccc(-c2cccc(C(=O)OC3(C(N)=O)CC3)n2)cc1)N1CCC(CC(C)(C)O)(c2ccccc2)OC1=O. The van der Waals surface area contributed by atoms with Gasteiger partial charge in [0.2, 0.25) is 0 Å². The molecule has 0 spiro atoms. The molecule has 0 radical (unpaired) electrons. The van der Waals surface area contributed by atoms with E-state index < -0.39 is 34.8 Å². The molecule has 5 rings (SSSR count). The summed E-state index contributed by atoms with van der Waals surface area (Å²) in [6, 6.07) is 22.0. The van der Waals surface area contributed by atoms with Crippen molar-refractivity contribution < 1.29 is 29.0 Å². The smallest absolute Gasteiger partial charge is 0.411 e. The van der Waals surface area contributed by atoms with Crippen LogP contribution >= 0.6 is 0 Å². The van der Waals surface area contributed by atoms with Crippen LogP contribution in [0.2, 0.25) is 0 Å². The van der Waals surface area contributed by atoms with Gasteiger partial charge in [0.25, 0.3) is 5.91 Å².